The predicted molar refractivity (Wildman–Crippen MR) is 92.8 cm³/mol. The first kappa shape index (κ1) is 18.4. The number of nitrogens with one attached hydrogen (secondary N) is 1. The Labute approximate surface area is 145 Å². The summed E-state index contributed by atoms with van der Waals surface area (Å²) in [6, 6.07) is 11.9. The highest BCUT2D eigenvalue weighted by molar-refractivity contribution is 5.74. The molecular formula is C18H20FN3O3. The average molecular weight is 345 g/mol. The number of rotatable bonds is 6. The third-order valence-corrected chi connectivity index (χ3v) is 4.09. The molecule has 0 aliphatic heterocycles. The molecule has 0 radical (unpaired) electrons. The summed E-state index contributed by atoms with van der Waals surface area (Å²) >= 11 is 0. The minimum atomic E-state index is -0.468. The number of carbonyl (C=O) groups is 1. The van der Waals surface area contributed by atoms with E-state index in [2.05, 4.69) is 5.32 Å². The third kappa shape index (κ3) is 4.76. The van der Waals surface area contributed by atoms with Crippen LogP contribution in [-0.2, 0) is 6.42 Å². The number of urea groups is 1. The van der Waals surface area contributed by atoms with Crippen LogP contribution in [0, 0.1) is 15.9 Å². The van der Waals surface area contributed by atoms with Gasteiger partial charge in [0.05, 0.1) is 11.0 Å². The number of nitro groups is 1. The van der Waals surface area contributed by atoms with Crippen molar-refractivity contribution < 1.29 is 14.1 Å². The van der Waals surface area contributed by atoms with E-state index in [1.165, 1.54) is 23.1 Å². The summed E-state index contributed by atoms with van der Waals surface area (Å²) in [4.78, 5) is 24.1. The number of halogens is 1. The summed E-state index contributed by atoms with van der Waals surface area (Å²) in [5.74, 6) is -0.296. The van der Waals surface area contributed by atoms with Gasteiger partial charge in [-0.1, -0.05) is 30.3 Å². The maximum Gasteiger partial charge on any atom is 0.317 e. The van der Waals surface area contributed by atoms with Gasteiger partial charge in [0, 0.05) is 25.7 Å². The number of amides is 2. The molecule has 0 saturated heterocycles. The van der Waals surface area contributed by atoms with Crippen LogP contribution in [0.25, 0.3) is 0 Å². The molecule has 0 unspecified atom stereocenters. The third-order valence-electron chi connectivity index (χ3n) is 4.09. The molecule has 0 aliphatic carbocycles. The highest BCUT2D eigenvalue weighted by Gasteiger charge is 2.19. The van der Waals surface area contributed by atoms with E-state index >= 15 is 0 Å². The number of non-ortho nitro benzene ring substituents is 1. The Morgan fingerprint density at radius 3 is 2.68 bits per heavy atom. The summed E-state index contributed by atoms with van der Waals surface area (Å²) in [5.41, 5.74) is 1.19. The van der Waals surface area contributed by atoms with Crippen LogP contribution in [0.3, 0.4) is 0 Å². The lowest BCUT2D eigenvalue weighted by Crippen LogP contribution is -2.39. The smallest absolute Gasteiger partial charge is 0.317 e. The van der Waals surface area contributed by atoms with Gasteiger partial charge in [-0.05, 0) is 30.5 Å². The lowest BCUT2D eigenvalue weighted by molar-refractivity contribution is -0.384. The Morgan fingerprint density at radius 2 is 2.00 bits per heavy atom. The molecule has 2 amide bonds. The van der Waals surface area contributed by atoms with E-state index in [0.29, 0.717) is 24.1 Å². The van der Waals surface area contributed by atoms with Crippen molar-refractivity contribution >= 4 is 11.7 Å². The summed E-state index contributed by atoms with van der Waals surface area (Å²) in [6.45, 7) is 2.08. The molecule has 25 heavy (non-hydrogen) atoms. The maximum absolute atomic E-state index is 13.5. The van der Waals surface area contributed by atoms with Gasteiger partial charge in [-0.15, -0.1) is 0 Å². The van der Waals surface area contributed by atoms with Crippen molar-refractivity contribution in [2.75, 3.05) is 13.6 Å². The van der Waals surface area contributed by atoms with Crippen LogP contribution in [0.4, 0.5) is 14.9 Å². The zero-order valence-corrected chi connectivity index (χ0v) is 14.1. The van der Waals surface area contributed by atoms with Crippen LogP contribution in [0.5, 0.6) is 0 Å². The van der Waals surface area contributed by atoms with Crippen LogP contribution >= 0.6 is 0 Å². The van der Waals surface area contributed by atoms with E-state index in [9.17, 15) is 19.3 Å². The number of hydrogen-bond acceptors (Lipinski definition) is 3. The van der Waals surface area contributed by atoms with Crippen LogP contribution in [0.15, 0.2) is 48.5 Å². The predicted octanol–water partition coefficient (Wildman–Crippen LogP) is 3.68. The first-order valence-electron chi connectivity index (χ1n) is 7.88. The molecule has 0 aromatic heterocycles. The molecular weight excluding hydrogens is 325 g/mol. The van der Waals surface area contributed by atoms with Crippen molar-refractivity contribution in [2.45, 2.75) is 19.4 Å². The molecule has 0 aliphatic rings. The largest absolute Gasteiger partial charge is 0.338 e. The topological polar surface area (TPSA) is 75.5 Å². The molecule has 2 rings (SSSR count). The van der Waals surface area contributed by atoms with Crippen molar-refractivity contribution in [1.29, 1.82) is 0 Å². The van der Waals surface area contributed by atoms with Gasteiger partial charge >= 0.3 is 6.03 Å². The number of nitro benzene ring substituents is 1. The minimum Gasteiger partial charge on any atom is -0.338 e. The molecule has 0 saturated carbocycles. The lowest BCUT2D eigenvalue weighted by Gasteiger charge is -2.25. The maximum atomic E-state index is 13.5. The fourth-order valence-electron chi connectivity index (χ4n) is 2.43. The van der Waals surface area contributed by atoms with Crippen LogP contribution in [0.2, 0.25) is 0 Å². The average Bonchev–Trinajstić information content (AvgIpc) is 2.62. The molecule has 6 nitrogen and oxygen atoms in total. The van der Waals surface area contributed by atoms with Gasteiger partial charge in [-0.2, -0.15) is 0 Å². The van der Waals surface area contributed by atoms with Crippen molar-refractivity contribution in [3.63, 3.8) is 0 Å². The second kappa shape index (κ2) is 8.23. The highest BCUT2D eigenvalue weighted by atomic mass is 19.1. The van der Waals surface area contributed by atoms with Gasteiger partial charge in [-0.3, -0.25) is 10.1 Å². The molecule has 0 spiro atoms. The standard InChI is InChI=1S/C18H20FN3O3/c1-13(15-7-5-8-16(12-15)22(24)25)21(2)18(23)20-11-10-14-6-3-4-9-17(14)19/h3-9,12-13H,10-11H2,1-2H3,(H,20,23)/t13-/m0/s1. The Morgan fingerprint density at radius 1 is 1.28 bits per heavy atom. The van der Waals surface area contributed by atoms with E-state index in [1.54, 1.807) is 44.3 Å². The second-order valence-electron chi connectivity index (χ2n) is 5.71. The van der Waals surface area contributed by atoms with E-state index in [4.69, 9.17) is 0 Å². The molecule has 1 atom stereocenters. The van der Waals surface area contributed by atoms with Gasteiger partial charge in [0.15, 0.2) is 0 Å². The first-order chi connectivity index (χ1) is 11.9. The summed E-state index contributed by atoms with van der Waals surface area (Å²) in [5, 5.41) is 13.6. The van der Waals surface area contributed by atoms with E-state index in [-0.39, 0.29) is 23.6 Å². The molecule has 0 bridgehead atoms. The zero-order valence-electron chi connectivity index (χ0n) is 14.1. The monoisotopic (exact) mass is 345 g/mol. The Balaban J connectivity index is 1.94. The van der Waals surface area contributed by atoms with Gasteiger partial charge < -0.3 is 10.2 Å². The molecule has 0 heterocycles. The van der Waals surface area contributed by atoms with Gasteiger partial charge in [0.1, 0.15) is 5.82 Å². The number of hydrogen-bond donors (Lipinski definition) is 1. The molecule has 132 valence electrons. The molecule has 7 heteroatoms. The van der Waals surface area contributed by atoms with Crippen LogP contribution < -0.4 is 5.32 Å². The Bertz CT molecular complexity index is 767. The first-order valence-corrected chi connectivity index (χ1v) is 7.88. The van der Waals surface area contributed by atoms with E-state index in [1.807, 2.05) is 0 Å². The summed E-state index contributed by atoms with van der Waals surface area (Å²) in [6.07, 6.45) is 0.386. The zero-order chi connectivity index (χ0) is 18.4. The van der Waals surface area contributed by atoms with Crippen molar-refractivity contribution in [3.8, 4) is 0 Å². The van der Waals surface area contributed by atoms with Crippen molar-refractivity contribution in [1.82, 2.24) is 10.2 Å². The number of carbonyl (C=O) groups excluding carboxylic acids is 1. The van der Waals surface area contributed by atoms with Gasteiger partial charge in [0.2, 0.25) is 0 Å². The van der Waals surface area contributed by atoms with E-state index in [0.717, 1.165) is 0 Å². The van der Waals surface area contributed by atoms with Crippen molar-refractivity contribution in [2.24, 2.45) is 0 Å². The number of nitrogens with zero attached hydrogens (tertiary/aromatic N) is 2. The molecule has 2 aromatic carbocycles. The SMILES string of the molecule is C[C@@H](c1cccc([N+](=O)[O-])c1)N(C)C(=O)NCCc1ccccc1F. The fraction of sp³-hybridized carbons (Fsp3) is 0.278. The van der Waals surface area contributed by atoms with Gasteiger partial charge in [0.25, 0.3) is 5.69 Å². The molecule has 0 fully saturated rings. The Hall–Kier alpha value is -2.96. The summed E-state index contributed by atoms with van der Waals surface area (Å²) < 4.78 is 13.5. The fourth-order valence-corrected chi connectivity index (χ4v) is 2.43. The van der Waals surface area contributed by atoms with Crippen molar-refractivity contribution in [3.05, 3.63) is 75.6 Å². The highest BCUT2D eigenvalue weighted by Crippen LogP contribution is 2.22. The molecule has 2 aromatic rings. The minimum absolute atomic E-state index is 0.0160. The van der Waals surface area contributed by atoms with E-state index < -0.39 is 4.92 Å². The Kier molecular flexibility index (Phi) is 6.05. The second-order valence-corrected chi connectivity index (χ2v) is 5.71. The number of benzene rings is 2. The lowest BCUT2D eigenvalue weighted by atomic mass is 10.1. The molecule has 1 N–H and O–H groups in total. The quantitative estimate of drug-likeness (QED) is 0.641. The summed E-state index contributed by atoms with van der Waals surface area (Å²) in [7, 11) is 1.61. The van der Waals surface area contributed by atoms with Crippen LogP contribution in [0.1, 0.15) is 24.1 Å². The normalized spacial score (nSPS) is 11.6. The van der Waals surface area contributed by atoms with Crippen LogP contribution in [-0.4, -0.2) is 29.4 Å². The van der Waals surface area contributed by atoms with Gasteiger partial charge in [-0.25, -0.2) is 9.18 Å².